The molecule has 1 aromatic rings. The molecular formula is C14H20Br. The van der Waals surface area contributed by atoms with Gasteiger partial charge in [-0.3, -0.25) is 0 Å². The first kappa shape index (κ1) is 12.8. The molecular weight excluding hydrogens is 248 g/mol. The molecule has 0 saturated heterocycles. The van der Waals surface area contributed by atoms with E-state index in [-0.39, 0.29) is 0 Å². The zero-order chi connectivity index (χ0) is 11.3. The van der Waals surface area contributed by atoms with Gasteiger partial charge in [0.1, 0.15) is 0 Å². The van der Waals surface area contributed by atoms with Gasteiger partial charge in [0.05, 0.1) is 0 Å². The van der Waals surface area contributed by atoms with Crippen LogP contribution in [0.3, 0.4) is 0 Å². The molecule has 0 spiro atoms. The summed E-state index contributed by atoms with van der Waals surface area (Å²) >= 11 is 3.66. The summed E-state index contributed by atoms with van der Waals surface area (Å²) in [7, 11) is 0. The molecule has 0 saturated carbocycles. The summed E-state index contributed by atoms with van der Waals surface area (Å²) in [5.41, 5.74) is 2.98. The Morgan fingerprint density at radius 3 is 2.67 bits per heavy atom. The van der Waals surface area contributed by atoms with Crippen LogP contribution >= 0.6 is 15.9 Å². The van der Waals surface area contributed by atoms with Gasteiger partial charge in [0.15, 0.2) is 0 Å². The summed E-state index contributed by atoms with van der Waals surface area (Å²) in [5.74, 6) is 0.614. The lowest BCUT2D eigenvalue weighted by Crippen LogP contribution is -1.98. The van der Waals surface area contributed by atoms with E-state index in [1.54, 1.807) is 0 Å². The van der Waals surface area contributed by atoms with E-state index in [2.05, 4.69) is 61.3 Å². The lowest BCUT2D eigenvalue weighted by Gasteiger charge is -2.14. The van der Waals surface area contributed by atoms with E-state index in [0.29, 0.717) is 5.92 Å². The van der Waals surface area contributed by atoms with Gasteiger partial charge < -0.3 is 0 Å². The van der Waals surface area contributed by atoms with Crippen molar-refractivity contribution in [1.29, 1.82) is 0 Å². The van der Waals surface area contributed by atoms with Crippen molar-refractivity contribution in [2.45, 2.75) is 46.0 Å². The third-order valence-corrected chi connectivity index (χ3v) is 3.44. The van der Waals surface area contributed by atoms with Crippen molar-refractivity contribution < 1.29 is 0 Å². The summed E-state index contributed by atoms with van der Waals surface area (Å²) in [6.07, 6.45) is 5.88. The summed E-state index contributed by atoms with van der Waals surface area (Å²) in [5, 5.41) is 0. The standard InChI is InChI=1S/C14H20Br/c1-4-5-6-8-13-12(11(2)3)9-7-10-14(13)15/h4,7,9-11H,5-6,8H2,1-3H3. The van der Waals surface area contributed by atoms with Gasteiger partial charge in [-0.1, -0.05) is 55.3 Å². The van der Waals surface area contributed by atoms with Gasteiger partial charge in [0.2, 0.25) is 0 Å². The molecule has 0 atom stereocenters. The highest BCUT2D eigenvalue weighted by Gasteiger charge is 2.08. The van der Waals surface area contributed by atoms with E-state index in [1.807, 2.05) is 0 Å². The summed E-state index contributed by atoms with van der Waals surface area (Å²) in [6.45, 7) is 6.65. The minimum atomic E-state index is 0.614. The molecule has 0 aromatic heterocycles. The second-order valence-electron chi connectivity index (χ2n) is 4.26. The molecule has 0 bridgehead atoms. The Bertz CT molecular complexity index is 302. The van der Waals surface area contributed by atoms with Crippen molar-refractivity contribution in [3.63, 3.8) is 0 Å². The van der Waals surface area contributed by atoms with Crippen LogP contribution in [0.5, 0.6) is 0 Å². The lowest BCUT2D eigenvalue weighted by molar-refractivity contribution is 0.773. The molecule has 0 aliphatic carbocycles. The Balaban J connectivity index is 2.82. The second-order valence-corrected chi connectivity index (χ2v) is 5.12. The van der Waals surface area contributed by atoms with Crippen LogP contribution in [0.1, 0.15) is 50.7 Å². The molecule has 0 unspecified atom stereocenters. The minimum Gasteiger partial charge on any atom is -0.0623 e. The zero-order valence-corrected chi connectivity index (χ0v) is 11.5. The van der Waals surface area contributed by atoms with E-state index < -0.39 is 0 Å². The molecule has 1 rings (SSSR count). The molecule has 0 amide bonds. The number of rotatable bonds is 5. The highest BCUT2D eigenvalue weighted by molar-refractivity contribution is 9.10. The number of benzene rings is 1. The van der Waals surface area contributed by atoms with Crippen LogP contribution in [0.2, 0.25) is 0 Å². The molecule has 0 N–H and O–H groups in total. The average Bonchev–Trinajstić information content (AvgIpc) is 2.20. The van der Waals surface area contributed by atoms with Crippen LogP contribution in [-0.4, -0.2) is 0 Å². The quantitative estimate of drug-likeness (QED) is 0.650. The highest BCUT2D eigenvalue weighted by Crippen LogP contribution is 2.27. The van der Waals surface area contributed by atoms with Crippen LogP contribution in [0.25, 0.3) is 0 Å². The van der Waals surface area contributed by atoms with Gasteiger partial charge in [-0.15, -0.1) is 0 Å². The molecule has 1 heteroatoms. The van der Waals surface area contributed by atoms with Crippen molar-refractivity contribution in [1.82, 2.24) is 0 Å². The van der Waals surface area contributed by atoms with Crippen molar-refractivity contribution >= 4 is 15.9 Å². The third kappa shape index (κ3) is 3.64. The van der Waals surface area contributed by atoms with E-state index in [0.717, 1.165) is 0 Å². The monoisotopic (exact) mass is 267 g/mol. The first-order valence-electron chi connectivity index (χ1n) is 5.72. The molecule has 0 aliphatic heterocycles. The fourth-order valence-corrected chi connectivity index (χ4v) is 2.44. The topological polar surface area (TPSA) is 0 Å². The highest BCUT2D eigenvalue weighted by atomic mass is 79.9. The molecule has 0 nitrogen and oxygen atoms in total. The summed E-state index contributed by atoms with van der Waals surface area (Å²) < 4.78 is 1.27. The van der Waals surface area contributed by atoms with E-state index >= 15 is 0 Å². The summed E-state index contributed by atoms with van der Waals surface area (Å²) in [4.78, 5) is 0. The van der Waals surface area contributed by atoms with Crippen molar-refractivity contribution in [2.75, 3.05) is 0 Å². The third-order valence-electron chi connectivity index (χ3n) is 2.70. The van der Waals surface area contributed by atoms with Crippen LogP contribution in [-0.2, 0) is 6.42 Å². The maximum Gasteiger partial charge on any atom is 0.0210 e. The fourth-order valence-electron chi connectivity index (χ4n) is 1.86. The Kier molecular flexibility index (Phi) is 5.38. The molecule has 1 aromatic carbocycles. The van der Waals surface area contributed by atoms with Gasteiger partial charge in [0.25, 0.3) is 0 Å². The number of unbranched alkanes of at least 4 members (excludes halogenated alkanes) is 2. The van der Waals surface area contributed by atoms with Gasteiger partial charge in [-0.05, 0) is 42.4 Å². The van der Waals surface area contributed by atoms with Crippen LogP contribution < -0.4 is 0 Å². The maximum absolute atomic E-state index is 3.66. The predicted octanol–water partition coefficient (Wildman–Crippen LogP) is 5.12. The number of hydrogen-bond acceptors (Lipinski definition) is 0. The summed E-state index contributed by atoms with van der Waals surface area (Å²) in [6, 6.07) is 6.53. The Morgan fingerprint density at radius 1 is 1.33 bits per heavy atom. The predicted molar refractivity (Wildman–Crippen MR) is 71.1 cm³/mol. The van der Waals surface area contributed by atoms with E-state index in [1.165, 1.54) is 34.9 Å². The molecule has 0 aliphatic rings. The van der Waals surface area contributed by atoms with Crippen molar-refractivity contribution in [3.8, 4) is 0 Å². The molecule has 0 fully saturated rings. The second kappa shape index (κ2) is 6.32. The molecule has 15 heavy (non-hydrogen) atoms. The molecule has 83 valence electrons. The first-order valence-corrected chi connectivity index (χ1v) is 6.51. The smallest absolute Gasteiger partial charge is 0.0210 e. The van der Waals surface area contributed by atoms with Crippen LogP contribution in [0, 0.1) is 6.42 Å². The van der Waals surface area contributed by atoms with Crippen LogP contribution in [0.15, 0.2) is 22.7 Å². The minimum absolute atomic E-state index is 0.614. The molecule has 1 radical (unpaired) electrons. The Labute approximate surface area is 102 Å². The lowest BCUT2D eigenvalue weighted by atomic mass is 9.94. The number of hydrogen-bond donors (Lipinski definition) is 0. The molecule has 0 heterocycles. The van der Waals surface area contributed by atoms with Gasteiger partial charge in [-0.25, -0.2) is 0 Å². The SMILES string of the molecule is C[CH]CCCc1c(Br)cccc1C(C)C. The van der Waals surface area contributed by atoms with E-state index in [9.17, 15) is 0 Å². The van der Waals surface area contributed by atoms with Gasteiger partial charge >= 0.3 is 0 Å². The Morgan fingerprint density at radius 2 is 2.07 bits per heavy atom. The van der Waals surface area contributed by atoms with Crippen molar-refractivity contribution in [2.24, 2.45) is 0 Å². The maximum atomic E-state index is 3.66. The van der Waals surface area contributed by atoms with Crippen LogP contribution in [0.4, 0.5) is 0 Å². The first-order chi connectivity index (χ1) is 7.16. The Hall–Kier alpha value is -0.300. The zero-order valence-electron chi connectivity index (χ0n) is 9.89. The number of halogens is 1. The fraction of sp³-hybridized carbons (Fsp3) is 0.500. The van der Waals surface area contributed by atoms with Gasteiger partial charge in [0, 0.05) is 4.47 Å². The normalized spacial score (nSPS) is 11.0. The largest absolute Gasteiger partial charge is 0.0623 e. The van der Waals surface area contributed by atoms with Gasteiger partial charge in [-0.2, -0.15) is 0 Å². The van der Waals surface area contributed by atoms with Crippen molar-refractivity contribution in [3.05, 3.63) is 40.2 Å². The average molecular weight is 268 g/mol. The van der Waals surface area contributed by atoms with E-state index in [4.69, 9.17) is 0 Å².